The van der Waals surface area contributed by atoms with Gasteiger partial charge >= 0.3 is 0 Å². The fourth-order valence-corrected chi connectivity index (χ4v) is 3.27. The van der Waals surface area contributed by atoms with Gasteiger partial charge in [-0.25, -0.2) is 0 Å². The van der Waals surface area contributed by atoms with Crippen LogP contribution in [0, 0.1) is 5.92 Å². The first-order valence-corrected chi connectivity index (χ1v) is 7.60. The maximum absolute atomic E-state index is 11.4. The lowest BCUT2D eigenvalue weighted by Gasteiger charge is -2.20. The normalized spacial score (nSPS) is 25.8. The van der Waals surface area contributed by atoms with Gasteiger partial charge in [0.1, 0.15) is 0 Å². The average molecular weight is 273 g/mol. The minimum Gasteiger partial charge on any atom is -0.397 e. The summed E-state index contributed by atoms with van der Waals surface area (Å²) < 4.78 is 0. The van der Waals surface area contributed by atoms with Gasteiger partial charge in [-0.2, -0.15) is 0 Å². The van der Waals surface area contributed by atoms with Crippen LogP contribution in [0.2, 0.25) is 0 Å². The smallest absolute Gasteiger partial charge is 0.228 e. The fourth-order valence-electron chi connectivity index (χ4n) is 3.27. The van der Waals surface area contributed by atoms with Crippen LogP contribution in [0.5, 0.6) is 0 Å². The number of hydrogen-bond donors (Lipinski definition) is 3. The molecule has 20 heavy (non-hydrogen) atoms. The molecule has 1 fully saturated rings. The van der Waals surface area contributed by atoms with Crippen molar-refractivity contribution in [1.82, 2.24) is 0 Å². The van der Waals surface area contributed by atoms with Crippen LogP contribution in [0.25, 0.3) is 0 Å². The molecule has 4 nitrogen and oxygen atoms in total. The number of nitrogens with two attached hydrogens (primary N) is 1. The maximum Gasteiger partial charge on any atom is 0.228 e. The molecule has 108 valence electrons. The van der Waals surface area contributed by atoms with Gasteiger partial charge in [0.25, 0.3) is 0 Å². The van der Waals surface area contributed by atoms with Gasteiger partial charge in [0.05, 0.1) is 17.8 Å². The summed E-state index contributed by atoms with van der Waals surface area (Å²) in [6.45, 7) is 2.33. The minimum absolute atomic E-state index is 0.0554. The molecule has 4 N–H and O–H groups in total. The standard InChI is InChI=1S/C16H23N3O/c1-10-3-2-4-12(6-5-10)18-15-9-14-11(7-13(15)17)8-16(20)19-14/h7,9-10,12,18H,2-6,8,17H2,1H3,(H,19,20). The Labute approximate surface area is 120 Å². The number of anilines is 3. The molecule has 2 atom stereocenters. The highest BCUT2D eigenvalue weighted by Gasteiger charge is 2.21. The van der Waals surface area contributed by atoms with Crippen LogP contribution >= 0.6 is 0 Å². The van der Waals surface area contributed by atoms with E-state index in [0.717, 1.165) is 28.5 Å². The topological polar surface area (TPSA) is 67.1 Å². The molecular weight excluding hydrogens is 250 g/mol. The Hall–Kier alpha value is -1.71. The van der Waals surface area contributed by atoms with Crippen molar-refractivity contribution in [2.45, 2.75) is 51.5 Å². The summed E-state index contributed by atoms with van der Waals surface area (Å²) in [4.78, 5) is 11.4. The number of carbonyl (C=O) groups excluding carboxylic acids is 1. The summed E-state index contributed by atoms with van der Waals surface area (Å²) in [6.07, 6.45) is 6.73. The summed E-state index contributed by atoms with van der Waals surface area (Å²) in [5.74, 6) is 0.887. The van der Waals surface area contributed by atoms with Crippen LogP contribution in [-0.2, 0) is 11.2 Å². The van der Waals surface area contributed by atoms with Crippen LogP contribution in [0.15, 0.2) is 12.1 Å². The third kappa shape index (κ3) is 2.74. The van der Waals surface area contributed by atoms with Crippen LogP contribution in [0.3, 0.4) is 0 Å². The molecule has 1 amide bonds. The van der Waals surface area contributed by atoms with E-state index >= 15 is 0 Å². The number of fused-ring (bicyclic) bond motifs is 1. The molecule has 1 aliphatic carbocycles. The summed E-state index contributed by atoms with van der Waals surface area (Å²) >= 11 is 0. The molecule has 1 aromatic rings. The van der Waals surface area contributed by atoms with Crippen LogP contribution in [-0.4, -0.2) is 11.9 Å². The lowest BCUT2D eigenvalue weighted by molar-refractivity contribution is -0.115. The number of hydrogen-bond acceptors (Lipinski definition) is 3. The molecule has 2 unspecified atom stereocenters. The van der Waals surface area contributed by atoms with E-state index in [1.165, 1.54) is 32.1 Å². The quantitative estimate of drug-likeness (QED) is 0.573. The third-order valence-electron chi connectivity index (χ3n) is 4.52. The fraction of sp³-hybridized carbons (Fsp3) is 0.562. The Bertz CT molecular complexity index is 527. The molecule has 4 heteroatoms. The molecule has 0 radical (unpaired) electrons. The second-order valence-corrected chi connectivity index (χ2v) is 6.28. The molecule has 1 saturated carbocycles. The SMILES string of the molecule is CC1CCCC(Nc2cc3c(cc2N)CC(=O)N3)CC1. The van der Waals surface area contributed by atoms with Gasteiger partial charge in [-0.15, -0.1) is 0 Å². The maximum atomic E-state index is 11.4. The number of rotatable bonds is 2. The summed E-state index contributed by atoms with van der Waals surface area (Å²) in [6, 6.07) is 4.41. The molecule has 1 aliphatic heterocycles. The van der Waals surface area contributed by atoms with Crippen molar-refractivity contribution in [3.05, 3.63) is 17.7 Å². The number of benzene rings is 1. The lowest BCUT2D eigenvalue weighted by Crippen LogP contribution is -2.19. The Morgan fingerprint density at radius 3 is 2.95 bits per heavy atom. The van der Waals surface area contributed by atoms with Crippen molar-refractivity contribution in [3.63, 3.8) is 0 Å². The van der Waals surface area contributed by atoms with Gasteiger partial charge in [-0.1, -0.05) is 19.8 Å². The first-order chi connectivity index (χ1) is 9.61. The van der Waals surface area contributed by atoms with E-state index in [1.807, 2.05) is 12.1 Å². The molecular formula is C16H23N3O. The number of amides is 1. The number of carbonyl (C=O) groups is 1. The van der Waals surface area contributed by atoms with Gasteiger partial charge in [-0.05, 0) is 42.9 Å². The highest BCUT2D eigenvalue weighted by molar-refractivity contribution is 6.00. The van der Waals surface area contributed by atoms with Crippen molar-refractivity contribution in [1.29, 1.82) is 0 Å². The molecule has 0 aromatic heterocycles. The van der Waals surface area contributed by atoms with Gasteiger partial charge in [-0.3, -0.25) is 4.79 Å². The van der Waals surface area contributed by atoms with E-state index in [1.54, 1.807) is 0 Å². The highest BCUT2D eigenvalue weighted by atomic mass is 16.1. The summed E-state index contributed by atoms with van der Waals surface area (Å²) in [5, 5.41) is 6.47. The van der Waals surface area contributed by atoms with E-state index in [2.05, 4.69) is 17.6 Å². The van der Waals surface area contributed by atoms with Crippen LogP contribution < -0.4 is 16.4 Å². The Morgan fingerprint density at radius 2 is 2.10 bits per heavy atom. The highest BCUT2D eigenvalue weighted by Crippen LogP contribution is 2.33. The first kappa shape index (κ1) is 13.3. The van der Waals surface area contributed by atoms with Crippen molar-refractivity contribution in [2.75, 3.05) is 16.4 Å². The molecule has 1 heterocycles. The van der Waals surface area contributed by atoms with Crippen molar-refractivity contribution in [3.8, 4) is 0 Å². The Kier molecular flexibility index (Phi) is 3.55. The van der Waals surface area contributed by atoms with Crippen LogP contribution in [0.4, 0.5) is 17.1 Å². The zero-order valence-corrected chi connectivity index (χ0v) is 12.0. The lowest BCUT2D eigenvalue weighted by atomic mass is 10.0. The zero-order chi connectivity index (χ0) is 14.1. The minimum atomic E-state index is 0.0554. The molecule has 1 aromatic carbocycles. The Morgan fingerprint density at radius 1 is 1.25 bits per heavy atom. The van der Waals surface area contributed by atoms with Crippen molar-refractivity contribution < 1.29 is 4.79 Å². The van der Waals surface area contributed by atoms with Gasteiger partial charge < -0.3 is 16.4 Å². The van der Waals surface area contributed by atoms with E-state index in [9.17, 15) is 4.79 Å². The number of nitrogens with one attached hydrogen (secondary N) is 2. The zero-order valence-electron chi connectivity index (χ0n) is 12.0. The summed E-state index contributed by atoms with van der Waals surface area (Å²) in [5.41, 5.74) is 9.75. The number of nitrogen functional groups attached to an aromatic ring is 1. The van der Waals surface area contributed by atoms with Crippen LogP contribution in [0.1, 0.15) is 44.6 Å². The first-order valence-electron chi connectivity index (χ1n) is 7.60. The molecule has 2 aliphatic rings. The monoisotopic (exact) mass is 273 g/mol. The van der Waals surface area contributed by atoms with E-state index < -0.39 is 0 Å². The molecule has 0 spiro atoms. The van der Waals surface area contributed by atoms with E-state index in [4.69, 9.17) is 5.73 Å². The predicted octanol–water partition coefficient (Wildman–Crippen LogP) is 3.14. The van der Waals surface area contributed by atoms with Gasteiger partial charge in [0.2, 0.25) is 5.91 Å². The third-order valence-corrected chi connectivity index (χ3v) is 4.52. The summed E-state index contributed by atoms with van der Waals surface area (Å²) in [7, 11) is 0. The predicted molar refractivity (Wildman–Crippen MR) is 82.8 cm³/mol. The van der Waals surface area contributed by atoms with Gasteiger partial charge in [0.15, 0.2) is 0 Å². The molecule has 0 saturated heterocycles. The average Bonchev–Trinajstić information content (AvgIpc) is 2.61. The largest absolute Gasteiger partial charge is 0.397 e. The molecule has 0 bridgehead atoms. The van der Waals surface area contributed by atoms with Crippen molar-refractivity contribution in [2.24, 2.45) is 5.92 Å². The van der Waals surface area contributed by atoms with E-state index in [0.29, 0.717) is 12.5 Å². The molecule has 3 rings (SSSR count). The van der Waals surface area contributed by atoms with Crippen molar-refractivity contribution >= 4 is 23.0 Å². The second kappa shape index (κ2) is 5.35. The second-order valence-electron chi connectivity index (χ2n) is 6.28. The Balaban J connectivity index is 1.74. The van der Waals surface area contributed by atoms with E-state index in [-0.39, 0.29) is 5.91 Å². The van der Waals surface area contributed by atoms with Gasteiger partial charge in [0, 0.05) is 11.7 Å².